The normalized spacial score (nSPS) is 17.3. The van der Waals surface area contributed by atoms with Gasteiger partial charge in [0, 0.05) is 23.7 Å². The van der Waals surface area contributed by atoms with Gasteiger partial charge in [0.15, 0.2) is 0 Å². The first-order valence-electron chi connectivity index (χ1n) is 8.96. The Morgan fingerprint density at radius 3 is 2.88 bits per heavy atom. The van der Waals surface area contributed by atoms with Gasteiger partial charge in [-0.1, -0.05) is 19.1 Å². The third kappa shape index (κ3) is 4.01. The van der Waals surface area contributed by atoms with Crippen molar-refractivity contribution in [3.8, 4) is 17.2 Å². The largest absolute Gasteiger partial charge is 0.497 e. The van der Waals surface area contributed by atoms with Crippen LogP contribution in [0.1, 0.15) is 37.3 Å². The molecule has 0 fully saturated rings. The number of fused-ring (bicyclic) bond motifs is 1. The van der Waals surface area contributed by atoms with Gasteiger partial charge in [0.2, 0.25) is 0 Å². The first kappa shape index (κ1) is 17.5. The summed E-state index contributed by atoms with van der Waals surface area (Å²) in [7, 11) is 1.68. The Morgan fingerprint density at radius 1 is 1.28 bits per heavy atom. The van der Waals surface area contributed by atoms with Gasteiger partial charge >= 0.3 is 0 Å². The Morgan fingerprint density at radius 2 is 2.12 bits per heavy atom. The molecule has 1 aliphatic heterocycles. The molecule has 0 spiro atoms. The van der Waals surface area contributed by atoms with E-state index in [0.717, 1.165) is 54.2 Å². The summed E-state index contributed by atoms with van der Waals surface area (Å²) >= 11 is 0. The molecule has 4 heteroatoms. The van der Waals surface area contributed by atoms with Crippen LogP contribution in [0.5, 0.6) is 17.2 Å². The highest BCUT2D eigenvalue weighted by atomic mass is 16.5. The average Bonchev–Trinajstić information content (AvgIpc) is 2.64. The van der Waals surface area contributed by atoms with Gasteiger partial charge in [-0.2, -0.15) is 0 Å². The van der Waals surface area contributed by atoms with Crippen LogP contribution in [-0.4, -0.2) is 19.3 Å². The number of hydrogen-bond donors (Lipinski definition) is 1. The maximum Gasteiger partial charge on any atom is 0.126 e. The molecular weight excluding hydrogens is 314 g/mol. The van der Waals surface area contributed by atoms with Crippen molar-refractivity contribution in [3.05, 3.63) is 47.5 Å². The Bertz CT molecular complexity index is 729. The standard InChI is InChI=1S/C21H27NO3/c1-4-16(24-20-7-5-6-19(22)14(20)2)12-18-11-9-15-8-10-17(23-3)13-21(15)25-18/h5-8,10,13,16,18H,4,9,11-12,22H2,1-3H3. The summed E-state index contributed by atoms with van der Waals surface area (Å²) in [6, 6.07) is 11.9. The van der Waals surface area contributed by atoms with Crippen LogP contribution in [0.3, 0.4) is 0 Å². The molecule has 2 N–H and O–H groups in total. The number of nitrogens with two attached hydrogens (primary N) is 1. The summed E-state index contributed by atoms with van der Waals surface area (Å²) in [5.41, 5.74) is 9.00. The maximum absolute atomic E-state index is 6.23. The molecular formula is C21H27NO3. The molecule has 1 heterocycles. The van der Waals surface area contributed by atoms with E-state index in [1.165, 1.54) is 5.56 Å². The van der Waals surface area contributed by atoms with E-state index >= 15 is 0 Å². The molecule has 2 unspecified atom stereocenters. The highest BCUT2D eigenvalue weighted by molar-refractivity contribution is 5.53. The molecule has 134 valence electrons. The van der Waals surface area contributed by atoms with Crippen LogP contribution in [-0.2, 0) is 6.42 Å². The predicted octanol–water partition coefficient (Wildman–Crippen LogP) is 4.53. The van der Waals surface area contributed by atoms with Gasteiger partial charge in [-0.25, -0.2) is 0 Å². The fraction of sp³-hybridized carbons (Fsp3) is 0.429. The third-order valence-corrected chi connectivity index (χ3v) is 4.90. The second-order valence-corrected chi connectivity index (χ2v) is 6.61. The van der Waals surface area contributed by atoms with Crippen molar-refractivity contribution < 1.29 is 14.2 Å². The minimum atomic E-state index is 0.109. The van der Waals surface area contributed by atoms with Crippen molar-refractivity contribution in [2.45, 2.75) is 51.7 Å². The van der Waals surface area contributed by atoms with Gasteiger partial charge in [-0.15, -0.1) is 0 Å². The summed E-state index contributed by atoms with van der Waals surface area (Å²) in [5, 5.41) is 0. The average molecular weight is 341 g/mol. The quantitative estimate of drug-likeness (QED) is 0.785. The van der Waals surface area contributed by atoms with Gasteiger partial charge in [0.1, 0.15) is 29.5 Å². The number of anilines is 1. The lowest BCUT2D eigenvalue weighted by atomic mass is 9.97. The van der Waals surface area contributed by atoms with Gasteiger partial charge in [0.25, 0.3) is 0 Å². The van der Waals surface area contributed by atoms with Gasteiger partial charge in [-0.05, 0) is 49.9 Å². The van der Waals surface area contributed by atoms with Crippen LogP contribution in [0.2, 0.25) is 0 Å². The summed E-state index contributed by atoms with van der Waals surface area (Å²) in [6.45, 7) is 4.14. The molecule has 4 nitrogen and oxygen atoms in total. The summed E-state index contributed by atoms with van der Waals surface area (Å²) in [5.74, 6) is 2.63. The van der Waals surface area contributed by atoms with Crippen LogP contribution in [0, 0.1) is 6.92 Å². The molecule has 2 aromatic rings. The van der Waals surface area contributed by atoms with Crippen molar-refractivity contribution in [3.63, 3.8) is 0 Å². The van der Waals surface area contributed by atoms with Crippen molar-refractivity contribution in [2.75, 3.05) is 12.8 Å². The van der Waals surface area contributed by atoms with Crippen molar-refractivity contribution in [1.29, 1.82) is 0 Å². The Labute approximate surface area is 149 Å². The number of nitrogen functional groups attached to an aromatic ring is 1. The number of aryl methyl sites for hydroxylation is 1. The zero-order chi connectivity index (χ0) is 17.8. The molecule has 25 heavy (non-hydrogen) atoms. The monoisotopic (exact) mass is 341 g/mol. The van der Waals surface area contributed by atoms with Crippen LogP contribution in [0.25, 0.3) is 0 Å². The molecule has 0 saturated heterocycles. The van der Waals surface area contributed by atoms with Gasteiger partial charge in [0.05, 0.1) is 7.11 Å². The summed E-state index contributed by atoms with van der Waals surface area (Å²) in [4.78, 5) is 0. The number of hydrogen-bond acceptors (Lipinski definition) is 4. The van der Waals surface area contributed by atoms with E-state index in [-0.39, 0.29) is 12.2 Å². The van der Waals surface area contributed by atoms with E-state index in [4.69, 9.17) is 19.9 Å². The lowest BCUT2D eigenvalue weighted by Gasteiger charge is -2.29. The zero-order valence-electron chi connectivity index (χ0n) is 15.2. The number of rotatable bonds is 6. The van der Waals surface area contributed by atoms with E-state index in [0.29, 0.717) is 0 Å². The molecule has 2 atom stereocenters. The minimum Gasteiger partial charge on any atom is -0.497 e. The van der Waals surface area contributed by atoms with Crippen LogP contribution in [0.15, 0.2) is 36.4 Å². The summed E-state index contributed by atoms with van der Waals surface area (Å²) in [6.07, 6.45) is 4.09. The maximum atomic E-state index is 6.23. The second kappa shape index (κ2) is 7.68. The molecule has 3 rings (SSSR count). The second-order valence-electron chi connectivity index (χ2n) is 6.61. The third-order valence-electron chi connectivity index (χ3n) is 4.90. The van der Waals surface area contributed by atoms with Crippen molar-refractivity contribution in [2.24, 2.45) is 0 Å². The lowest BCUT2D eigenvalue weighted by molar-refractivity contribution is 0.0936. The molecule has 0 bridgehead atoms. The molecule has 0 radical (unpaired) electrons. The van der Waals surface area contributed by atoms with Crippen LogP contribution in [0.4, 0.5) is 5.69 Å². The lowest BCUT2D eigenvalue weighted by Crippen LogP contribution is -2.30. The fourth-order valence-corrected chi connectivity index (χ4v) is 3.23. The van der Waals surface area contributed by atoms with E-state index in [2.05, 4.69) is 13.0 Å². The smallest absolute Gasteiger partial charge is 0.126 e. The predicted molar refractivity (Wildman–Crippen MR) is 101 cm³/mol. The van der Waals surface area contributed by atoms with E-state index in [1.54, 1.807) is 7.11 Å². The first-order valence-corrected chi connectivity index (χ1v) is 8.96. The summed E-state index contributed by atoms with van der Waals surface area (Å²) < 4.78 is 17.7. The zero-order valence-corrected chi connectivity index (χ0v) is 15.2. The fourth-order valence-electron chi connectivity index (χ4n) is 3.23. The molecule has 0 saturated carbocycles. The number of methoxy groups -OCH3 is 1. The number of ether oxygens (including phenoxy) is 3. The molecule has 1 aliphatic rings. The van der Waals surface area contributed by atoms with Gasteiger partial charge < -0.3 is 19.9 Å². The Kier molecular flexibility index (Phi) is 5.37. The van der Waals surface area contributed by atoms with Crippen molar-refractivity contribution in [1.82, 2.24) is 0 Å². The highest BCUT2D eigenvalue weighted by Gasteiger charge is 2.24. The van der Waals surface area contributed by atoms with Gasteiger partial charge in [-0.3, -0.25) is 0 Å². The Hall–Kier alpha value is -2.36. The SMILES string of the molecule is CCC(CC1CCc2ccc(OC)cc2O1)Oc1cccc(N)c1C. The van der Waals surface area contributed by atoms with Crippen LogP contribution < -0.4 is 19.9 Å². The van der Waals surface area contributed by atoms with E-state index in [9.17, 15) is 0 Å². The minimum absolute atomic E-state index is 0.109. The molecule has 2 aromatic carbocycles. The van der Waals surface area contributed by atoms with Crippen LogP contribution >= 0.6 is 0 Å². The topological polar surface area (TPSA) is 53.7 Å². The highest BCUT2D eigenvalue weighted by Crippen LogP contribution is 2.33. The molecule has 0 aliphatic carbocycles. The molecule has 0 amide bonds. The van der Waals surface area contributed by atoms with Crippen molar-refractivity contribution >= 4 is 5.69 Å². The molecule has 0 aromatic heterocycles. The Balaban J connectivity index is 1.67. The van der Waals surface area contributed by atoms with E-state index < -0.39 is 0 Å². The van der Waals surface area contributed by atoms with E-state index in [1.807, 2.05) is 37.3 Å². The number of benzene rings is 2. The first-order chi connectivity index (χ1) is 12.1.